The van der Waals surface area contributed by atoms with Crippen molar-refractivity contribution in [3.05, 3.63) is 29.8 Å². The molecule has 0 nitrogen and oxygen atoms in total. The minimum Gasteiger partial charge on any atom is -0.166 e. The van der Waals surface area contributed by atoms with Crippen LogP contribution < -0.4 is 5.19 Å². The van der Waals surface area contributed by atoms with Crippen LogP contribution in [-0.4, -0.2) is 8.07 Å². The summed E-state index contributed by atoms with van der Waals surface area (Å²) in [5, 5.41) is 0.845. The van der Waals surface area contributed by atoms with Gasteiger partial charge in [-0.3, -0.25) is 0 Å². The van der Waals surface area contributed by atoms with Crippen molar-refractivity contribution in [1.29, 1.82) is 0 Å². The van der Waals surface area contributed by atoms with Crippen molar-refractivity contribution in [2.24, 2.45) is 0 Å². The normalized spacial score (nSPS) is 12.3. The summed E-state index contributed by atoms with van der Waals surface area (Å²) in [7, 11) is -1.97. The maximum atomic E-state index is 12.3. The Labute approximate surface area is 88.1 Å². The van der Waals surface area contributed by atoms with E-state index in [1.807, 2.05) is 13.1 Å². The van der Waals surface area contributed by atoms with E-state index < -0.39 is 19.8 Å². The molecule has 1 rings (SSSR count). The van der Waals surface area contributed by atoms with E-state index in [0.29, 0.717) is 0 Å². The lowest BCUT2D eigenvalue weighted by Crippen LogP contribution is -2.39. The number of benzene rings is 1. The van der Waals surface area contributed by atoms with E-state index in [9.17, 15) is 13.2 Å². The van der Waals surface area contributed by atoms with Crippen molar-refractivity contribution in [2.45, 2.75) is 19.3 Å². The van der Waals surface area contributed by atoms with Gasteiger partial charge in [-0.25, -0.2) is 0 Å². The fraction of sp³-hybridized carbons (Fsp3) is 0.273. The number of alkyl halides is 3. The predicted octanol–water partition coefficient (Wildman–Crippen LogP) is 2.79. The molecule has 0 aliphatic carbocycles. The zero-order valence-corrected chi connectivity index (χ0v) is 9.52. The second-order valence-electron chi connectivity index (χ2n) is 3.84. The number of halogens is 3. The Balaban J connectivity index is 3.08. The van der Waals surface area contributed by atoms with Crippen LogP contribution in [-0.2, 0) is 6.18 Å². The molecule has 0 aliphatic heterocycles. The molecule has 0 aliphatic rings. The molecule has 4 heteroatoms. The molecule has 0 atom stereocenters. The third kappa shape index (κ3) is 2.63. The average molecular weight is 228 g/mol. The topological polar surface area (TPSA) is 0 Å². The fourth-order valence-corrected chi connectivity index (χ4v) is 2.33. The molecule has 0 saturated carbocycles. The van der Waals surface area contributed by atoms with Gasteiger partial charge in [-0.2, -0.15) is 13.2 Å². The second-order valence-corrected chi connectivity index (χ2v) is 7.96. The zero-order valence-electron chi connectivity index (χ0n) is 8.52. The van der Waals surface area contributed by atoms with Crippen molar-refractivity contribution >= 4 is 13.3 Å². The maximum Gasteiger partial charge on any atom is 0.416 e. The van der Waals surface area contributed by atoms with Gasteiger partial charge in [0.05, 0.1) is 5.56 Å². The fourth-order valence-electron chi connectivity index (χ4n) is 1.16. The van der Waals surface area contributed by atoms with Gasteiger partial charge in [-0.05, 0) is 5.19 Å². The third-order valence-electron chi connectivity index (χ3n) is 2.29. The van der Waals surface area contributed by atoms with Crippen LogP contribution in [0.2, 0.25) is 13.1 Å². The lowest BCUT2D eigenvalue weighted by Gasteiger charge is -2.16. The Morgan fingerprint density at radius 1 is 1.13 bits per heavy atom. The molecule has 0 saturated heterocycles. The van der Waals surface area contributed by atoms with Gasteiger partial charge in [0.25, 0.3) is 0 Å². The van der Waals surface area contributed by atoms with E-state index in [4.69, 9.17) is 6.42 Å². The SMILES string of the molecule is C#C[Si](C)(C)c1ccc(C(F)(F)F)cc1. The summed E-state index contributed by atoms with van der Waals surface area (Å²) in [6.07, 6.45) is 1.07. The molecule has 0 spiro atoms. The van der Waals surface area contributed by atoms with Gasteiger partial charge < -0.3 is 0 Å². The quantitative estimate of drug-likeness (QED) is 0.512. The van der Waals surface area contributed by atoms with Crippen molar-refractivity contribution in [1.82, 2.24) is 0 Å². The zero-order chi connectivity index (χ0) is 11.7. The highest BCUT2D eigenvalue weighted by molar-refractivity contribution is 6.96. The molecule has 15 heavy (non-hydrogen) atoms. The van der Waals surface area contributed by atoms with Gasteiger partial charge in [0.15, 0.2) is 8.07 Å². The first kappa shape index (κ1) is 11.9. The van der Waals surface area contributed by atoms with Gasteiger partial charge in [-0.1, -0.05) is 37.4 Å². The van der Waals surface area contributed by atoms with Crippen LogP contribution in [0.4, 0.5) is 13.2 Å². The molecule has 0 fully saturated rings. The molecule has 0 heterocycles. The Morgan fingerprint density at radius 2 is 1.60 bits per heavy atom. The van der Waals surface area contributed by atoms with Gasteiger partial charge in [0.1, 0.15) is 0 Å². The number of rotatable bonds is 1. The summed E-state index contributed by atoms with van der Waals surface area (Å²) >= 11 is 0. The molecule has 1 aromatic rings. The molecule has 0 N–H and O–H groups in total. The molecule has 1 aromatic carbocycles. The lowest BCUT2D eigenvalue weighted by atomic mass is 10.2. The Hall–Kier alpha value is -1.21. The van der Waals surface area contributed by atoms with Crippen LogP contribution in [0.15, 0.2) is 24.3 Å². The Kier molecular flexibility index (Phi) is 2.96. The van der Waals surface area contributed by atoms with Crippen molar-refractivity contribution in [2.75, 3.05) is 0 Å². The summed E-state index contributed by atoms with van der Waals surface area (Å²) in [5.74, 6) is 0. The van der Waals surface area contributed by atoms with Crippen LogP contribution in [0.1, 0.15) is 5.56 Å². The number of hydrogen-bond donors (Lipinski definition) is 0. The van der Waals surface area contributed by atoms with E-state index in [2.05, 4.69) is 5.54 Å². The molecule has 0 unspecified atom stereocenters. The van der Waals surface area contributed by atoms with E-state index in [1.54, 1.807) is 0 Å². The largest absolute Gasteiger partial charge is 0.416 e. The highest BCUT2D eigenvalue weighted by atomic mass is 28.3. The molecule has 0 aromatic heterocycles. The van der Waals surface area contributed by atoms with E-state index >= 15 is 0 Å². The highest BCUT2D eigenvalue weighted by Crippen LogP contribution is 2.28. The summed E-state index contributed by atoms with van der Waals surface area (Å²) in [5.41, 5.74) is 2.04. The lowest BCUT2D eigenvalue weighted by molar-refractivity contribution is -0.137. The minimum atomic E-state index is -4.28. The van der Waals surface area contributed by atoms with Crippen LogP contribution >= 0.6 is 0 Å². The van der Waals surface area contributed by atoms with Crippen LogP contribution in [0, 0.1) is 12.0 Å². The summed E-state index contributed by atoms with van der Waals surface area (Å²) in [6, 6.07) is 5.13. The van der Waals surface area contributed by atoms with E-state index in [-0.39, 0.29) is 0 Å². The van der Waals surface area contributed by atoms with Gasteiger partial charge in [0.2, 0.25) is 0 Å². The van der Waals surface area contributed by atoms with Gasteiger partial charge in [0, 0.05) is 0 Å². The van der Waals surface area contributed by atoms with Gasteiger partial charge in [-0.15, -0.1) is 12.0 Å². The Morgan fingerprint density at radius 3 is 1.93 bits per heavy atom. The van der Waals surface area contributed by atoms with E-state index in [1.165, 1.54) is 12.1 Å². The first-order chi connectivity index (χ1) is 6.77. The van der Waals surface area contributed by atoms with Crippen LogP contribution in [0.3, 0.4) is 0 Å². The molecule has 0 bridgehead atoms. The second kappa shape index (κ2) is 3.74. The summed E-state index contributed by atoms with van der Waals surface area (Å²) in [4.78, 5) is 0. The molecular weight excluding hydrogens is 217 g/mol. The monoisotopic (exact) mass is 228 g/mol. The maximum absolute atomic E-state index is 12.3. The van der Waals surface area contributed by atoms with Crippen molar-refractivity contribution in [3.8, 4) is 12.0 Å². The standard InChI is InChI=1S/C11H11F3Si/c1-4-15(2,3)10-7-5-9(6-8-10)11(12,13)14/h1,5-8H,2-3H3. The summed E-state index contributed by atoms with van der Waals surface area (Å²) in [6.45, 7) is 3.85. The predicted molar refractivity (Wildman–Crippen MR) is 57.4 cm³/mol. The molecule has 0 amide bonds. The first-order valence-electron chi connectivity index (χ1n) is 4.43. The number of hydrogen-bond acceptors (Lipinski definition) is 0. The average Bonchev–Trinajstić information content (AvgIpc) is 2.17. The van der Waals surface area contributed by atoms with Crippen molar-refractivity contribution < 1.29 is 13.2 Å². The smallest absolute Gasteiger partial charge is 0.166 e. The Bertz CT molecular complexity index is 382. The first-order valence-corrected chi connectivity index (χ1v) is 7.43. The highest BCUT2D eigenvalue weighted by Gasteiger charge is 2.31. The van der Waals surface area contributed by atoms with Crippen molar-refractivity contribution in [3.63, 3.8) is 0 Å². The minimum absolute atomic E-state index is 0.631. The van der Waals surface area contributed by atoms with Crippen LogP contribution in [0.25, 0.3) is 0 Å². The molecule has 80 valence electrons. The summed E-state index contributed by atoms with van der Waals surface area (Å²) < 4.78 is 36.8. The number of terminal acetylenes is 1. The third-order valence-corrected chi connectivity index (χ3v) is 4.79. The molecular formula is C11H11F3Si. The van der Waals surface area contributed by atoms with Gasteiger partial charge >= 0.3 is 6.18 Å². The molecule has 0 radical (unpaired) electrons. The van der Waals surface area contributed by atoms with Crippen LogP contribution in [0.5, 0.6) is 0 Å². The van der Waals surface area contributed by atoms with E-state index in [0.717, 1.165) is 17.3 Å².